The molecule has 1 fully saturated rings. The van der Waals surface area contributed by atoms with Gasteiger partial charge in [0.15, 0.2) is 0 Å². The Balaban J connectivity index is 2.33. The quantitative estimate of drug-likeness (QED) is 0.576. The van der Waals surface area contributed by atoms with Crippen LogP contribution in [-0.2, 0) is 15.1 Å². The molecule has 0 aromatic rings. The third-order valence-electron chi connectivity index (χ3n) is 2.44. The monoisotopic (exact) mass is 223 g/mol. The van der Waals surface area contributed by atoms with E-state index in [2.05, 4.69) is 0 Å². The summed E-state index contributed by atoms with van der Waals surface area (Å²) in [6.45, 7) is 0.114. The molecule has 6 nitrogen and oxygen atoms in total. The van der Waals surface area contributed by atoms with E-state index in [1.807, 2.05) is 4.72 Å². The van der Waals surface area contributed by atoms with E-state index in [9.17, 15) is 13.2 Å². The average molecular weight is 223 g/mol. The third kappa shape index (κ3) is 3.60. The van der Waals surface area contributed by atoms with Gasteiger partial charge in [-0.25, -0.2) is 0 Å². The molecule has 0 amide bonds. The molecule has 1 saturated carbocycles. The van der Waals surface area contributed by atoms with Crippen LogP contribution in [-0.4, -0.2) is 30.6 Å². The van der Waals surface area contributed by atoms with Crippen LogP contribution in [0.25, 0.3) is 0 Å². The highest BCUT2D eigenvalue weighted by Gasteiger charge is 2.29. The van der Waals surface area contributed by atoms with Crippen molar-refractivity contribution in [2.75, 3.05) is 6.54 Å². The van der Waals surface area contributed by atoms with Crippen molar-refractivity contribution in [1.29, 1.82) is 0 Å². The van der Waals surface area contributed by atoms with Crippen LogP contribution >= 0.6 is 0 Å². The zero-order valence-corrected chi connectivity index (χ0v) is 8.33. The molecule has 7 heteroatoms. The van der Waals surface area contributed by atoms with Crippen molar-refractivity contribution in [3.8, 4) is 0 Å². The molecule has 2 unspecified atom stereocenters. The summed E-state index contributed by atoms with van der Waals surface area (Å²) in [6, 6.07) is 0. The van der Waals surface area contributed by atoms with Crippen LogP contribution < -0.4 is 4.72 Å². The maximum Gasteiger partial charge on any atom is 0.333 e. The molecule has 0 aliphatic heterocycles. The fourth-order valence-corrected chi connectivity index (χ4v) is 2.15. The number of carbonyl (C=O) groups is 1. The Bertz CT molecular complexity index is 312. The van der Waals surface area contributed by atoms with E-state index in [0.717, 1.165) is 0 Å². The molecule has 0 aromatic carbocycles. The van der Waals surface area contributed by atoms with Gasteiger partial charge < -0.3 is 5.11 Å². The number of hydrogen-bond donors (Lipinski definition) is 3. The normalized spacial score (nSPS) is 27.8. The van der Waals surface area contributed by atoms with Gasteiger partial charge in [0.1, 0.15) is 0 Å². The van der Waals surface area contributed by atoms with Crippen molar-refractivity contribution >= 4 is 16.3 Å². The summed E-state index contributed by atoms with van der Waals surface area (Å²) in [7, 11) is -4.15. The molecule has 0 saturated heterocycles. The van der Waals surface area contributed by atoms with Gasteiger partial charge >= 0.3 is 16.3 Å². The van der Waals surface area contributed by atoms with E-state index < -0.39 is 16.3 Å². The van der Waals surface area contributed by atoms with Crippen LogP contribution in [0.5, 0.6) is 0 Å². The molecule has 1 rings (SSSR count). The Morgan fingerprint density at radius 3 is 2.50 bits per heavy atom. The highest BCUT2D eigenvalue weighted by atomic mass is 32.2. The Kier molecular flexibility index (Phi) is 3.46. The van der Waals surface area contributed by atoms with Gasteiger partial charge in [-0.05, 0) is 25.2 Å². The minimum atomic E-state index is -4.15. The van der Waals surface area contributed by atoms with Gasteiger partial charge in [0.25, 0.3) is 0 Å². The molecule has 2 atom stereocenters. The zero-order chi connectivity index (χ0) is 10.8. The highest BCUT2D eigenvalue weighted by molar-refractivity contribution is 7.83. The third-order valence-corrected chi connectivity index (χ3v) is 2.98. The molecule has 3 N–H and O–H groups in total. The van der Waals surface area contributed by atoms with E-state index in [-0.39, 0.29) is 18.4 Å². The molecule has 0 heterocycles. The second kappa shape index (κ2) is 4.24. The van der Waals surface area contributed by atoms with Crippen molar-refractivity contribution in [2.24, 2.45) is 11.8 Å². The molecule has 1 aliphatic carbocycles. The maximum absolute atomic E-state index is 10.6. The second-order valence-electron chi connectivity index (χ2n) is 3.54. The van der Waals surface area contributed by atoms with Gasteiger partial charge in [-0.3, -0.25) is 9.35 Å². The Hall–Kier alpha value is -0.660. The number of carboxylic acids is 1. The fourth-order valence-electron chi connectivity index (χ4n) is 1.71. The Labute approximate surface area is 82.2 Å². The first-order valence-corrected chi connectivity index (χ1v) is 5.77. The zero-order valence-electron chi connectivity index (χ0n) is 7.51. The summed E-state index contributed by atoms with van der Waals surface area (Å²) in [6.07, 6.45) is 1.73. The molecule has 14 heavy (non-hydrogen) atoms. The Morgan fingerprint density at radius 2 is 2.07 bits per heavy atom. The number of aliphatic carboxylic acids is 1. The first-order valence-electron chi connectivity index (χ1n) is 4.33. The summed E-state index contributed by atoms with van der Waals surface area (Å²) < 4.78 is 31.0. The topological polar surface area (TPSA) is 104 Å². The minimum absolute atomic E-state index is 0.0121. The number of hydrogen-bond acceptors (Lipinski definition) is 3. The van der Waals surface area contributed by atoms with E-state index in [1.165, 1.54) is 0 Å². The van der Waals surface area contributed by atoms with Crippen molar-refractivity contribution in [2.45, 2.75) is 19.3 Å². The van der Waals surface area contributed by atoms with Crippen LogP contribution in [0, 0.1) is 11.8 Å². The summed E-state index contributed by atoms with van der Waals surface area (Å²) in [4.78, 5) is 10.6. The van der Waals surface area contributed by atoms with E-state index >= 15 is 0 Å². The van der Waals surface area contributed by atoms with E-state index in [1.54, 1.807) is 0 Å². The van der Waals surface area contributed by atoms with Crippen molar-refractivity contribution in [3.63, 3.8) is 0 Å². The van der Waals surface area contributed by atoms with Crippen molar-refractivity contribution in [3.05, 3.63) is 0 Å². The predicted octanol–water partition coefficient (Wildman–Crippen LogP) is -0.120. The molecule has 0 bridgehead atoms. The van der Waals surface area contributed by atoms with Gasteiger partial charge in [0.2, 0.25) is 0 Å². The van der Waals surface area contributed by atoms with Gasteiger partial charge in [-0.1, -0.05) is 0 Å². The van der Waals surface area contributed by atoms with Crippen LogP contribution in [0.2, 0.25) is 0 Å². The molecule has 0 spiro atoms. The first-order chi connectivity index (χ1) is 6.38. The highest BCUT2D eigenvalue weighted by Crippen LogP contribution is 2.30. The lowest BCUT2D eigenvalue weighted by atomic mass is 10.1. The second-order valence-corrected chi connectivity index (χ2v) is 4.78. The summed E-state index contributed by atoms with van der Waals surface area (Å²) in [5, 5.41) is 8.67. The van der Waals surface area contributed by atoms with Crippen molar-refractivity contribution < 1.29 is 22.9 Å². The molecule has 1 aliphatic rings. The molecule has 82 valence electrons. The lowest BCUT2D eigenvalue weighted by molar-refractivity contribution is -0.141. The average Bonchev–Trinajstić information content (AvgIpc) is 2.47. The van der Waals surface area contributed by atoms with Crippen LogP contribution in [0.4, 0.5) is 0 Å². The Morgan fingerprint density at radius 1 is 1.43 bits per heavy atom. The summed E-state index contributed by atoms with van der Waals surface area (Å²) >= 11 is 0. The first kappa shape index (κ1) is 11.4. The molecule has 0 radical (unpaired) electrons. The van der Waals surface area contributed by atoms with Crippen LogP contribution in [0.3, 0.4) is 0 Å². The number of nitrogens with one attached hydrogen (secondary N) is 1. The molecular weight excluding hydrogens is 210 g/mol. The summed E-state index contributed by atoms with van der Waals surface area (Å²) in [5.41, 5.74) is 0. The predicted molar refractivity (Wildman–Crippen MR) is 48.0 cm³/mol. The van der Waals surface area contributed by atoms with Crippen LogP contribution in [0.1, 0.15) is 19.3 Å². The van der Waals surface area contributed by atoms with Gasteiger partial charge in [0.05, 0.1) is 5.92 Å². The standard InChI is InChI=1S/C7H13NO5S/c9-7(10)6-2-1-5(3-6)4-8-14(11,12)13/h5-6,8H,1-4H2,(H,9,10)(H,11,12,13). The summed E-state index contributed by atoms with van der Waals surface area (Å²) in [5.74, 6) is -1.19. The SMILES string of the molecule is O=C(O)C1CCC(CNS(=O)(=O)O)C1. The smallest absolute Gasteiger partial charge is 0.333 e. The number of carboxylic acid groups (broad SMARTS) is 1. The molecular formula is C7H13NO5S. The lowest BCUT2D eigenvalue weighted by Gasteiger charge is -2.08. The van der Waals surface area contributed by atoms with Crippen LogP contribution in [0.15, 0.2) is 0 Å². The largest absolute Gasteiger partial charge is 0.481 e. The van der Waals surface area contributed by atoms with Gasteiger partial charge in [-0.15, -0.1) is 0 Å². The van der Waals surface area contributed by atoms with Gasteiger partial charge in [-0.2, -0.15) is 13.1 Å². The minimum Gasteiger partial charge on any atom is -0.481 e. The maximum atomic E-state index is 10.6. The molecule has 0 aromatic heterocycles. The number of rotatable bonds is 4. The fraction of sp³-hybridized carbons (Fsp3) is 0.857. The van der Waals surface area contributed by atoms with E-state index in [4.69, 9.17) is 9.66 Å². The lowest BCUT2D eigenvalue weighted by Crippen LogP contribution is -2.28. The van der Waals surface area contributed by atoms with E-state index in [0.29, 0.717) is 19.3 Å². The van der Waals surface area contributed by atoms with Crippen molar-refractivity contribution in [1.82, 2.24) is 4.72 Å². The van der Waals surface area contributed by atoms with Gasteiger partial charge in [0, 0.05) is 6.54 Å².